The first-order chi connectivity index (χ1) is 16.9. The second-order valence-corrected chi connectivity index (χ2v) is 10.2. The van der Waals surface area contributed by atoms with Gasteiger partial charge in [-0.25, -0.2) is 4.98 Å². The van der Waals surface area contributed by atoms with Crippen molar-refractivity contribution in [1.29, 1.82) is 0 Å². The van der Waals surface area contributed by atoms with Gasteiger partial charge in [0.25, 0.3) is 0 Å². The van der Waals surface area contributed by atoms with Crippen molar-refractivity contribution in [2.24, 2.45) is 5.73 Å². The largest absolute Gasteiger partial charge is 0.350 e. The molecule has 0 aliphatic heterocycles. The Morgan fingerprint density at radius 2 is 1.66 bits per heavy atom. The van der Waals surface area contributed by atoms with Gasteiger partial charge in [0.2, 0.25) is 5.95 Å². The fourth-order valence-corrected chi connectivity index (χ4v) is 5.51. The fraction of sp³-hybridized carbons (Fsp3) is 0.560. The Kier molecular flexibility index (Phi) is 11.3. The number of carbonyl (C=O) groups excluding carboxylic acids is 1. The Hall–Kier alpha value is -1.69. The highest BCUT2D eigenvalue weighted by molar-refractivity contribution is 7.13. The maximum atomic E-state index is 12.0. The zero-order valence-electron chi connectivity index (χ0n) is 20.9. The standard InChI is InChI=1S/C19H26N5OP.C6H15N2P/c1-12-6-5-7-14(10-12)21-18-15(13(2)25)11-20-19(23-18)22-16-8-3-4-9-17(16)24-26;7-5-3-1-2-4-6(5)8-9/h5-7,10-11,16-17,24H,3-4,8-9,26H2,1-2H3,(H2,20,21,22,23);5-6,8H,1-4,7,9H2/t16-,17+;5-,6+/m11/s1. The van der Waals surface area contributed by atoms with Crippen LogP contribution >= 0.6 is 18.8 Å². The first kappa shape index (κ1) is 27.9. The van der Waals surface area contributed by atoms with Gasteiger partial charge in [-0.1, -0.05) is 56.6 Å². The van der Waals surface area contributed by atoms with Crippen molar-refractivity contribution in [2.75, 3.05) is 10.6 Å². The summed E-state index contributed by atoms with van der Waals surface area (Å²) in [5.74, 6) is 1.02. The number of nitrogens with two attached hydrogens (primary N) is 1. The van der Waals surface area contributed by atoms with Gasteiger partial charge in [-0.3, -0.25) is 15.0 Å². The predicted molar refractivity (Wildman–Crippen MR) is 152 cm³/mol. The summed E-state index contributed by atoms with van der Waals surface area (Å²) in [4.78, 5) is 20.9. The van der Waals surface area contributed by atoms with Gasteiger partial charge in [0.15, 0.2) is 5.78 Å². The summed E-state index contributed by atoms with van der Waals surface area (Å²) < 4.78 is 0. The Balaban J connectivity index is 0.000000320. The van der Waals surface area contributed by atoms with Gasteiger partial charge in [0.05, 0.1) is 5.56 Å². The van der Waals surface area contributed by atoms with Crippen LogP contribution in [0, 0.1) is 6.92 Å². The molecule has 0 spiro atoms. The van der Waals surface area contributed by atoms with Crippen LogP contribution in [0.4, 0.5) is 17.5 Å². The van der Waals surface area contributed by atoms with Crippen molar-refractivity contribution >= 4 is 42.0 Å². The number of aromatic nitrogens is 2. The third-order valence-corrected chi connectivity index (χ3v) is 7.63. The highest BCUT2D eigenvalue weighted by atomic mass is 31.0. The average molecular weight is 518 g/mol. The number of anilines is 3. The van der Waals surface area contributed by atoms with Crippen molar-refractivity contribution in [2.45, 2.75) is 89.4 Å². The second-order valence-electron chi connectivity index (χ2n) is 9.54. The third kappa shape index (κ3) is 8.44. The van der Waals surface area contributed by atoms with Crippen LogP contribution < -0.4 is 26.5 Å². The summed E-state index contributed by atoms with van der Waals surface area (Å²) in [5, 5.41) is 13.1. The SMILES string of the molecule is CC(=O)c1cnc(N[C@@H]2CCCC[C@@H]2NP)nc1Nc1cccc(C)c1.N[C@@H]1CCCC[C@@H]1NP. The van der Waals surface area contributed by atoms with Crippen LogP contribution in [0.1, 0.15) is 74.2 Å². The van der Waals surface area contributed by atoms with Crippen LogP contribution in [0.2, 0.25) is 0 Å². The minimum Gasteiger partial charge on any atom is -0.350 e. The van der Waals surface area contributed by atoms with Gasteiger partial charge >= 0.3 is 0 Å². The summed E-state index contributed by atoms with van der Waals surface area (Å²) in [5.41, 5.74) is 8.35. The summed E-state index contributed by atoms with van der Waals surface area (Å²) in [7, 11) is 5.15. The maximum Gasteiger partial charge on any atom is 0.224 e. The molecule has 1 aromatic carbocycles. The lowest BCUT2D eigenvalue weighted by molar-refractivity contribution is 0.101. The molecule has 0 radical (unpaired) electrons. The number of hydrogen-bond acceptors (Lipinski definition) is 8. The van der Waals surface area contributed by atoms with E-state index in [4.69, 9.17) is 5.73 Å². The van der Waals surface area contributed by atoms with Gasteiger partial charge in [-0.2, -0.15) is 4.98 Å². The van der Waals surface area contributed by atoms with Gasteiger partial charge in [0, 0.05) is 36.1 Å². The van der Waals surface area contributed by atoms with E-state index >= 15 is 0 Å². The number of ketones is 1. The molecular formula is C25H41N7OP2. The number of rotatable bonds is 7. The first-order valence-corrected chi connectivity index (χ1v) is 13.7. The van der Waals surface area contributed by atoms with E-state index in [1.165, 1.54) is 45.4 Å². The smallest absolute Gasteiger partial charge is 0.224 e. The van der Waals surface area contributed by atoms with Gasteiger partial charge < -0.3 is 16.4 Å². The Labute approximate surface area is 214 Å². The number of Topliss-reactive ketones (excluding diaryl/α,β-unsaturated/α-hetero) is 1. The fourth-order valence-electron chi connectivity index (χ4n) is 4.70. The lowest BCUT2D eigenvalue weighted by Crippen LogP contribution is -2.43. The van der Waals surface area contributed by atoms with Crippen molar-refractivity contribution < 1.29 is 4.79 Å². The number of hydrogen-bond donors (Lipinski definition) is 5. The molecule has 1 heterocycles. The third-order valence-electron chi connectivity index (χ3n) is 6.78. The minimum absolute atomic E-state index is 0.0612. The zero-order valence-corrected chi connectivity index (χ0v) is 23.2. The summed E-state index contributed by atoms with van der Waals surface area (Å²) in [6, 6.07) is 9.57. The molecule has 4 rings (SSSR count). The summed E-state index contributed by atoms with van der Waals surface area (Å²) in [6.45, 7) is 3.56. The molecule has 2 fully saturated rings. The maximum absolute atomic E-state index is 12.0. The highest BCUT2D eigenvalue weighted by Crippen LogP contribution is 2.25. The zero-order chi connectivity index (χ0) is 25.2. The molecule has 35 heavy (non-hydrogen) atoms. The van der Waals surface area contributed by atoms with Crippen molar-refractivity contribution in [1.82, 2.24) is 20.1 Å². The quantitative estimate of drug-likeness (QED) is 0.270. The van der Waals surface area contributed by atoms with E-state index in [1.807, 2.05) is 31.2 Å². The Morgan fingerprint density at radius 3 is 2.26 bits per heavy atom. The Bertz CT molecular complexity index is 961. The van der Waals surface area contributed by atoms with Crippen molar-refractivity contribution in [3.05, 3.63) is 41.6 Å². The number of nitrogens with zero attached hydrogens (tertiary/aromatic N) is 2. The van der Waals surface area contributed by atoms with E-state index in [-0.39, 0.29) is 11.8 Å². The molecule has 8 nitrogen and oxygen atoms in total. The van der Waals surface area contributed by atoms with Gasteiger partial charge in [0.1, 0.15) is 5.82 Å². The van der Waals surface area contributed by atoms with Crippen LogP contribution in [0.25, 0.3) is 0 Å². The molecule has 1 aromatic heterocycles. The lowest BCUT2D eigenvalue weighted by atomic mass is 9.91. The van der Waals surface area contributed by atoms with E-state index < -0.39 is 0 Å². The van der Waals surface area contributed by atoms with Crippen LogP contribution in [0.5, 0.6) is 0 Å². The molecule has 0 saturated heterocycles. The number of aryl methyl sites for hydroxylation is 1. The van der Waals surface area contributed by atoms with Crippen LogP contribution in [0.15, 0.2) is 30.5 Å². The number of nitrogens with one attached hydrogen (secondary N) is 4. The molecule has 10 heteroatoms. The average Bonchev–Trinajstić information content (AvgIpc) is 2.85. The normalized spacial score (nSPS) is 24.1. The van der Waals surface area contributed by atoms with E-state index in [0.717, 1.165) is 24.1 Å². The van der Waals surface area contributed by atoms with Crippen LogP contribution in [0.3, 0.4) is 0 Å². The summed E-state index contributed by atoms with van der Waals surface area (Å²) >= 11 is 0. The monoisotopic (exact) mass is 517 g/mol. The van der Waals surface area contributed by atoms with Gasteiger partial charge in [-0.15, -0.1) is 0 Å². The van der Waals surface area contributed by atoms with E-state index in [2.05, 4.69) is 49.6 Å². The van der Waals surface area contributed by atoms with Gasteiger partial charge in [-0.05, 0) is 57.2 Å². The molecule has 0 bridgehead atoms. The van der Waals surface area contributed by atoms with Crippen molar-refractivity contribution in [3.8, 4) is 0 Å². The number of benzene rings is 1. The topological polar surface area (TPSA) is 117 Å². The molecule has 2 aliphatic rings. The van der Waals surface area contributed by atoms with E-state index in [0.29, 0.717) is 35.5 Å². The molecule has 2 aromatic rings. The lowest BCUT2D eigenvalue weighted by Gasteiger charge is -2.31. The molecule has 192 valence electrons. The molecule has 2 unspecified atom stereocenters. The molecule has 0 amide bonds. The highest BCUT2D eigenvalue weighted by Gasteiger charge is 2.25. The first-order valence-electron chi connectivity index (χ1n) is 12.6. The predicted octanol–water partition coefficient (Wildman–Crippen LogP) is 4.47. The molecule has 2 aliphatic carbocycles. The molecule has 6 atom stereocenters. The van der Waals surface area contributed by atoms with Crippen LogP contribution in [-0.2, 0) is 0 Å². The second kappa shape index (κ2) is 14.2. The number of carbonyl (C=O) groups is 1. The molecular weight excluding hydrogens is 476 g/mol. The Morgan fingerprint density at radius 1 is 1.00 bits per heavy atom. The van der Waals surface area contributed by atoms with Crippen molar-refractivity contribution in [3.63, 3.8) is 0 Å². The minimum atomic E-state index is -0.0612. The van der Waals surface area contributed by atoms with E-state index in [9.17, 15) is 4.79 Å². The molecule has 6 N–H and O–H groups in total. The molecule has 2 saturated carbocycles. The summed E-state index contributed by atoms with van der Waals surface area (Å²) in [6.07, 6.45) is 11.3. The van der Waals surface area contributed by atoms with E-state index in [1.54, 1.807) is 6.20 Å². The van der Waals surface area contributed by atoms with Crippen LogP contribution in [-0.4, -0.2) is 39.9 Å².